The summed E-state index contributed by atoms with van der Waals surface area (Å²) in [6.07, 6.45) is 2.81. The monoisotopic (exact) mass is 282 g/mol. The molecule has 0 aromatic rings. The first-order valence-corrected chi connectivity index (χ1v) is 7.55. The molecule has 6 heteroatoms. The van der Waals surface area contributed by atoms with E-state index in [0.29, 0.717) is 6.54 Å². The zero-order chi connectivity index (χ0) is 14.6. The Morgan fingerprint density at radius 3 is 2.30 bits per heavy atom. The van der Waals surface area contributed by atoms with Crippen molar-refractivity contribution in [3.05, 3.63) is 0 Å². The Kier molecular flexibility index (Phi) is 4.86. The molecule has 2 rings (SSSR count). The smallest absolute Gasteiger partial charge is 0.219 e. The second kappa shape index (κ2) is 6.43. The van der Waals surface area contributed by atoms with Crippen LogP contribution in [0.15, 0.2) is 4.99 Å². The summed E-state index contributed by atoms with van der Waals surface area (Å²) in [5.74, 6) is 0.992. The maximum atomic E-state index is 11.3. The van der Waals surface area contributed by atoms with E-state index in [1.54, 1.807) is 6.92 Å². The zero-order valence-electron chi connectivity index (χ0n) is 12.6. The molecule has 1 saturated heterocycles. The Morgan fingerprint density at radius 2 is 1.85 bits per heavy atom. The van der Waals surface area contributed by atoms with Crippen molar-refractivity contribution < 1.29 is 9.90 Å². The van der Waals surface area contributed by atoms with Gasteiger partial charge in [-0.3, -0.25) is 9.79 Å². The van der Waals surface area contributed by atoms with E-state index >= 15 is 0 Å². The number of carbonyl (C=O) groups is 1. The number of hydrogen-bond acceptors (Lipinski definition) is 3. The predicted octanol–water partition coefficient (Wildman–Crippen LogP) is 0.0310. The standard InChI is InChI=1S/C14H26N4O2/c1-3-15-13(16-11-14(20)5-4-6-14)18-9-7-17(8-10-18)12(2)19/h20H,3-11H2,1-2H3,(H,15,16). The number of carbonyl (C=O) groups excluding carboxylic acids is 1. The Balaban J connectivity index is 1.91. The fourth-order valence-corrected chi connectivity index (χ4v) is 2.62. The average Bonchev–Trinajstić information content (AvgIpc) is 2.41. The highest BCUT2D eigenvalue weighted by Crippen LogP contribution is 2.31. The van der Waals surface area contributed by atoms with Crippen molar-refractivity contribution in [1.29, 1.82) is 0 Å². The van der Waals surface area contributed by atoms with Crippen LogP contribution in [0.4, 0.5) is 0 Å². The number of aliphatic imine (C=N–C) groups is 1. The van der Waals surface area contributed by atoms with Crippen LogP contribution in [0.2, 0.25) is 0 Å². The molecule has 20 heavy (non-hydrogen) atoms. The van der Waals surface area contributed by atoms with E-state index in [2.05, 4.69) is 15.2 Å². The summed E-state index contributed by atoms with van der Waals surface area (Å²) in [4.78, 5) is 19.9. The van der Waals surface area contributed by atoms with Gasteiger partial charge in [0.05, 0.1) is 12.1 Å². The number of guanidine groups is 1. The summed E-state index contributed by atoms with van der Waals surface area (Å²) in [5, 5.41) is 13.4. The van der Waals surface area contributed by atoms with Gasteiger partial charge in [0.25, 0.3) is 0 Å². The lowest BCUT2D eigenvalue weighted by molar-refractivity contribution is -0.130. The van der Waals surface area contributed by atoms with Crippen LogP contribution in [0, 0.1) is 0 Å². The minimum absolute atomic E-state index is 0.135. The van der Waals surface area contributed by atoms with Crippen molar-refractivity contribution in [3.63, 3.8) is 0 Å². The predicted molar refractivity (Wildman–Crippen MR) is 78.6 cm³/mol. The lowest BCUT2D eigenvalue weighted by Crippen LogP contribution is -2.54. The molecule has 2 N–H and O–H groups in total. The summed E-state index contributed by atoms with van der Waals surface area (Å²) in [7, 11) is 0. The molecular weight excluding hydrogens is 256 g/mol. The van der Waals surface area contributed by atoms with Crippen molar-refractivity contribution in [3.8, 4) is 0 Å². The molecule has 1 aliphatic carbocycles. The molecule has 0 unspecified atom stereocenters. The molecule has 0 bridgehead atoms. The first-order chi connectivity index (χ1) is 9.54. The normalized spacial score (nSPS) is 22.4. The van der Waals surface area contributed by atoms with Crippen molar-refractivity contribution in [2.24, 2.45) is 4.99 Å². The summed E-state index contributed by atoms with van der Waals surface area (Å²) in [6.45, 7) is 8.01. The molecular formula is C14H26N4O2. The molecule has 1 heterocycles. The maximum absolute atomic E-state index is 11.3. The fourth-order valence-electron chi connectivity index (χ4n) is 2.62. The van der Waals surface area contributed by atoms with Crippen LogP contribution in [-0.2, 0) is 4.79 Å². The van der Waals surface area contributed by atoms with Gasteiger partial charge in [0, 0.05) is 39.6 Å². The molecule has 0 aromatic carbocycles. The van der Waals surface area contributed by atoms with Gasteiger partial charge in [-0.2, -0.15) is 0 Å². The Hall–Kier alpha value is -1.30. The highest BCUT2D eigenvalue weighted by Gasteiger charge is 2.34. The second-order valence-electron chi connectivity index (χ2n) is 5.74. The molecule has 2 aliphatic rings. The summed E-state index contributed by atoms with van der Waals surface area (Å²) >= 11 is 0. The number of rotatable bonds is 3. The number of nitrogens with one attached hydrogen (secondary N) is 1. The number of amides is 1. The Labute approximate surface area is 120 Å². The van der Waals surface area contributed by atoms with Crippen molar-refractivity contribution >= 4 is 11.9 Å². The SMILES string of the molecule is CCNC(=NCC1(O)CCC1)N1CCN(C(C)=O)CC1. The lowest BCUT2D eigenvalue weighted by Gasteiger charge is -2.38. The van der Waals surface area contributed by atoms with Gasteiger partial charge in [-0.15, -0.1) is 0 Å². The molecule has 0 atom stereocenters. The number of hydrogen-bond donors (Lipinski definition) is 2. The highest BCUT2D eigenvalue weighted by atomic mass is 16.3. The number of nitrogens with zero attached hydrogens (tertiary/aromatic N) is 3. The van der Waals surface area contributed by atoms with Crippen molar-refractivity contribution in [1.82, 2.24) is 15.1 Å². The van der Waals surface area contributed by atoms with Crippen molar-refractivity contribution in [2.75, 3.05) is 39.3 Å². The molecule has 0 spiro atoms. The van der Waals surface area contributed by atoms with E-state index in [9.17, 15) is 9.90 Å². The molecule has 114 valence electrons. The van der Waals surface area contributed by atoms with Gasteiger partial charge in [0.15, 0.2) is 5.96 Å². The largest absolute Gasteiger partial charge is 0.388 e. The molecule has 1 aliphatic heterocycles. The van der Waals surface area contributed by atoms with Gasteiger partial charge in [0.2, 0.25) is 5.91 Å². The molecule has 0 radical (unpaired) electrons. The lowest BCUT2D eigenvalue weighted by atomic mass is 9.80. The summed E-state index contributed by atoms with van der Waals surface area (Å²) < 4.78 is 0. The molecule has 2 fully saturated rings. The zero-order valence-corrected chi connectivity index (χ0v) is 12.6. The van der Waals surface area contributed by atoms with E-state index in [4.69, 9.17) is 0 Å². The first kappa shape index (κ1) is 15.1. The number of aliphatic hydroxyl groups is 1. The van der Waals surface area contributed by atoms with E-state index in [0.717, 1.165) is 57.9 Å². The van der Waals surface area contributed by atoms with Crippen LogP contribution >= 0.6 is 0 Å². The summed E-state index contributed by atoms with van der Waals surface area (Å²) in [5.41, 5.74) is -0.581. The van der Waals surface area contributed by atoms with Crippen LogP contribution < -0.4 is 5.32 Å². The molecule has 0 aromatic heterocycles. The van der Waals surface area contributed by atoms with Gasteiger partial charge in [-0.05, 0) is 26.2 Å². The van der Waals surface area contributed by atoms with Gasteiger partial charge >= 0.3 is 0 Å². The fraction of sp³-hybridized carbons (Fsp3) is 0.857. The Bertz CT molecular complexity index is 371. The topological polar surface area (TPSA) is 68.2 Å². The van der Waals surface area contributed by atoms with Gasteiger partial charge in [-0.25, -0.2) is 0 Å². The third-order valence-corrected chi connectivity index (χ3v) is 4.17. The molecule has 6 nitrogen and oxygen atoms in total. The summed E-state index contributed by atoms with van der Waals surface area (Å²) in [6, 6.07) is 0. The molecule has 1 saturated carbocycles. The second-order valence-corrected chi connectivity index (χ2v) is 5.74. The minimum Gasteiger partial charge on any atom is -0.388 e. The van der Waals surface area contributed by atoms with Crippen molar-refractivity contribution in [2.45, 2.75) is 38.7 Å². The molecule has 1 amide bonds. The Morgan fingerprint density at radius 1 is 1.25 bits per heavy atom. The van der Waals surface area contributed by atoms with Crippen LogP contribution in [0.25, 0.3) is 0 Å². The van der Waals surface area contributed by atoms with Crippen LogP contribution in [0.5, 0.6) is 0 Å². The van der Waals surface area contributed by atoms with Gasteiger partial charge < -0.3 is 20.2 Å². The van der Waals surface area contributed by atoms with Crippen LogP contribution in [0.3, 0.4) is 0 Å². The quantitative estimate of drug-likeness (QED) is 0.566. The van der Waals surface area contributed by atoms with Crippen LogP contribution in [-0.4, -0.2) is 71.6 Å². The number of piperazine rings is 1. The van der Waals surface area contributed by atoms with Crippen LogP contribution in [0.1, 0.15) is 33.1 Å². The first-order valence-electron chi connectivity index (χ1n) is 7.55. The van der Waals surface area contributed by atoms with Gasteiger partial charge in [0.1, 0.15) is 0 Å². The van der Waals surface area contributed by atoms with E-state index in [1.165, 1.54) is 0 Å². The third kappa shape index (κ3) is 3.62. The highest BCUT2D eigenvalue weighted by molar-refractivity contribution is 5.80. The average molecular weight is 282 g/mol. The minimum atomic E-state index is -0.581. The van der Waals surface area contributed by atoms with E-state index in [-0.39, 0.29) is 5.91 Å². The van der Waals surface area contributed by atoms with E-state index < -0.39 is 5.60 Å². The maximum Gasteiger partial charge on any atom is 0.219 e. The van der Waals surface area contributed by atoms with E-state index in [1.807, 2.05) is 11.8 Å². The third-order valence-electron chi connectivity index (χ3n) is 4.17. The van der Waals surface area contributed by atoms with Gasteiger partial charge in [-0.1, -0.05) is 0 Å².